The Kier molecular flexibility index (Phi) is 6.93. The van der Waals surface area contributed by atoms with Gasteiger partial charge in [-0.25, -0.2) is 0 Å². The van der Waals surface area contributed by atoms with E-state index in [4.69, 9.17) is 33.0 Å². The summed E-state index contributed by atoms with van der Waals surface area (Å²) >= 11 is 12.6. The quantitative estimate of drug-likeness (QED) is 0.639. The molecule has 2 N–H and O–H groups in total. The highest BCUT2D eigenvalue weighted by Gasteiger charge is 2.41. The van der Waals surface area contributed by atoms with Crippen molar-refractivity contribution in [3.8, 4) is 5.75 Å². The van der Waals surface area contributed by atoms with Gasteiger partial charge in [0.1, 0.15) is 11.5 Å². The molecule has 1 saturated carbocycles. The number of carbonyl (C=O) groups excluding carboxylic acids is 1. The summed E-state index contributed by atoms with van der Waals surface area (Å²) in [4.78, 5) is 13.2. The van der Waals surface area contributed by atoms with Crippen molar-refractivity contribution >= 4 is 40.5 Å². The van der Waals surface area contributed by atoms with E-state index in [9.17, 15) is 9.90 Å². The van der Waals surface area contributed by atoms with Crippen molar-refractivity contribution in [2.75, 3.05) is 12.1 Å². The van der Waals surface area contributed by atoms with Crippen molar-refractivity contribution in [3.05, 3.63) is 58.1 Å². The zero-order valence-electron chi connectivity index (χ0n) is 18.1. The first-order valence-corrected chi connectivity index (χ1v) is 11.6. The van der Waals surface area contributed by atoms with E-state index in [0.29, 0.717) is 27.9 Å². The van der Waals surface area contributed by atoms with Gasteiger partial charge in [0.05, 0.1) is 36.0 Å². The number of hydrogen-bond donors (Lipinski definition) is 2. The summed E-state index contributed by atoms with van der Waals surface area (Å²) in [6.07, 6.45) is 2.92. The molecule has 0 spiro atoms. The number of amides is 1. The highest BCUT2D eigenvalue weighted by Crippen LogP contribution is 2.42. The number of anilines is 1. The highest BCUT2D eigenvalue weighted by atomic mass is 35.5. The lowest BCUT2D eigenvalue weighted by Crippen LogP contribution is -2.48. The summed E-state index contributed by atoms with van der Waals surface area (Å²) in [6, 6.07) is 12.5. The minimum Gasteiger partial charge on any atom is -0.497 e. The second-order valence-corrected chi connectivity index (χ2v) is 9.21. The highest BCUT2D eigenvalue weighted by molar-refractivity contribution is 6.41. The maximum Gasteiger partial charge on any atom is 0.268 e. The lowest BCUT2D eigenvalue weighted by atomic mass is 9.89. The predicted molar refractivity (Wildman–Crippen MR) is 128 cm³/mol. The van der Waals surface area contributed by atoms with Crippen LogP contribution in [0.5, 0.6) is 5.75 Å². The Labute approximate surface area is 198 Å². The third kappa shape index (κ3) is 4.58. The number of halogens is 2. The van der Waals surface area contributed by atoms with Gasteiger partial charge in [-0.15, -0.1) is 0 Å². The number of nitrogens with one attached hydrogen (secondary N) is 1. The number of benzene rings is 2. The van der Waals surface area contributed by atoms with Crippen LogP contribution in [0.1, 0.15) is 44.2 Å². The van der Waals surface area contributed by atoms with Crippen LogP contribution in [0.15, 0.2) is 47.6 Å². The molecule has 1 aliphatic carbocycles. The molecule has 2 aliphatic rings. The number of carbonyl (C=O) groups is 1. The van der Waals surface area contributed by atoms with Gasteiger partial charge in [-0.1, -0.05) is 55.1 Å². The SMILES string of the molecule is COc1ccc(C2C(C)C(C(=O)N[C@H]3CCCC[C@@H]3O)=NN2c2ccc(Cl)cc2Cl)cc1. The summed E-state index contributed by atoms with van der Waals surface area (Å²) in [5.74, 6) is 0.283. The number of nitrogens with zero attached hydrogens (tertiary/aromatic N) is 2. The Morgan fingerprint density at radius 2 is 1.88 bits per heavy atom. The molecule has 0 radical (unpaired) electrons. The molecule has 0 saturated heterocycles. The molecule has 1 amide bonds. The van der Waals surface area contributed by atoms with Crippen LogP contribution in [0.3, 0.4) is 0 Å². The Hall–Kier alpha value is -2.28. The first kappa shape index (κ1) is 22.9. The first-order chi connectivity index (χ1) is 15.4. The van der Waals surface area contributed by atoms with Crippen LogP contribution in [-0.4, -0.2) is 36.0 Å². The first-order valence-electron chi connectivity index (χ1n) is 10.8. The fourth-order valence-electron chi connectivity index (χ4n) is 4.51. The minimum atomic E-state index is -0.524. The van der Waals surface area contributed by atoms with Crippen molar-refractivity contribution in [2.24, 2.45) is 11.0 Å². The summed E-state index contributed by atoms with van der Waals surface area (Å²) in [6.45, 7) is 1.98. The average Bonchev–Trinajstić information content (AvgIpc) is 3.12. The average molecular weight is 476 g/mol. The fourth-order valence-corrected chi connectivity index (χ4v) is 5.00. The molecule has 8 heteroatoms. The van der Waals surface area contributed by atoms with Crippen LogP contribution in [-0.2, 0) is 4.79 Å². The van der Waals surface area contributed by atoms with E-state index in [1.54, 1.807) is 24.3 Å². The molecular formula is C24H27Cl2N3O3. The van der Waals surface area contributed by atoms with Gasteiger partial charge >= 0.3 is 0 Å². The molecule has 32 heavy (non-hydrogen) atoms. The molecule has 1 fully saturated rings. The van der Waals surface area contributed by atoms with E-state index in [1.807, 2.05) is 37.3 Å². The molecule has 1 heterocycles. The normalized spacial score (nSPS) is 25.4. The van der Waals surface area contributed by atoms with Gasteiger partial charge < -0.3 is 15.2 Å². The van der Waals surface area contributed by atoms with Gasteiger partial charge in [0.2, 0.25) is 0 Å². The Morgan fingerprint density at radius 1 is 1.16 bits per heavy atom. The third-order valence-corrected chi connectivity index (χ3v) is 6.81. The third-order valence-electron chi connectivity index (χ3n) is 6.28. The maximum atomic E-state index is 13.2. The Bertz CT molecular complexity index is 1010. The monoisotopic (exact) mass is 475 g/mol. The van der Waals surface area contributed by atoms with Crippen LogP contribution in [0.25, 0.3) is 0 Å². The van der Waals surface area contributed by atoms with E-state index >= 15 is 0 Å². The number of methoxy groups -OCH3 is 1. The van der Waals surface area contributed by atoms with Gasteiger partial charge in [0, 0.05) is 10.9 Å². The van der Waals surface area contributed by atoms with Crippen molar-refractivity contribution in [3.63, 3.8) is 0 Å². The summed E-state index contributed by atoms with van der Waals surface area (Å²) in [5.41, 5.74) is 2.06. The molecule has 0 aromatic heterocycles. The molecular weight excluding hydrogens is 449 g/mol. The second kappa shape index (κ2) is 9.69. The van der Waals surface area contributed by atoms with E-state index in [0.717, 1.165) is 30.6 Å². The lowest BCUT2D eigenvalue weighted by molar-refractivity contribution is -0.116. The van der Waals surface area contributed by atoms with Crippen LogP contribution in [0.2, 0.25) is 10.0 Å². The molecule has 4 rings (SSSR count). The molecule has 170 valence electrons. The zero-order valence-corrected chi connectivity index (χ0v) is 19.6. The van der Waals surface area contributed by atoms with Gasteiger partial charge in [-0.05, 0) is 48.7 Å². The van der Waals surface area contributed by atoms with Gasteiger partial charge in [-0.2, -0.15) is 5.10 Å². The van der Waals surface area contributed by atoms with Crippen LogP contribution in [0, 0.1) is 5.92 Å². The Balaban J connectivity index is 1.68. The predicted octanol–water partition coefficient (Wildman–Crippen LogP) is 4.98. The second-order valence-electron chi connectivity index (χ2n) is 8.36. The molecule has 2 unspecified atom stereocenters. The number of aliphatic hydroxyl groups is 1. The van der Waals surface area contributed by atoms with Crippen molar-refractivity contribution in [1.82, 2.24) is 5.32 Å². The minimum absolute atomic E-state index is 0.212. The number of aliphatic hydroxyl groups excluding tert-OH is 1. The molecule has 2 aromatic carbocycles. The van der Waals surface area contributed by atoms with E-state index < -0.39 is 6.10 Å². The van der Waals surface area contributed by atoms with Crippen molar-refractivity contribution in [1.29, 1.82) is 0 Å². The molecule has 2 aromatic rings. The van der Waals surface area contributed by atoms with Gasteiger partial charge in [0.25, 0.3) is 5.91 Å². The number of hydrazone groups is 1. The number of rotatable bonds is 5. The largest absolute Gasteiger partial charge is 0.497 e. The summed E-state index contributed by atoms with van der Waals surface area (Å²) < 4.78 is 5.29. The van der Waals surface area contributed by atoms with Crippen LogP contribution in [0.4, 0.5) is 5.69 Å². The van der Waals surface area contributed by atoms with E-state index in [2.05, 4.69) is 5.32 Å². The smallest absolute Gasteiger partial charge is 0.268 e. The molecule has 4 atom stereocenters. The molecule has 1 aliphatic heterocycles. The number of ether oxygens (including phenoxy) is 1. The van der Waals surface area contributed by atoms with E-state index in [1.165, 1.54) is 0 Å². The van der Waals surface area contributed by atoms with Crippen molar-refractivity contribution < 1.29 is 14.6 Å². The van der Waals surface area contributed by atoms with Crippen molar-refractivity contribution in [2.45, 2.75) is 50.8 Å². The van der Waals surface area contributed by atoms with Gasteiger partial charge in [-0.3, -0.25) is 9.80 Å². The Morgan fingerprint density at radius 3 is 2.53 bits per heavy atom. The maximum absolute atomic E-state index is 13.2. The lowest BCUT2D eigenvalue weighted by Gasteiger charge is -2.29. The summed E-state index contributed by atoms with van der Waals surface area (Å²) in [7, 11) is 1.62. The number of hydrogen-bond acceptors (Lipinski definition) is 5. The molecule has 6 nitrogen and oxygen atoms in total. The van der Waals surface area contributed by atoms with Crippen LogP contribution < -0.4 is 15.1 Å². The van der Waals surface area contributed by atoms with Gasteiger partial charge in [0.15, 0.2) is 0 Å². The zero-order chi connectivity index (χ0) is 22.8. The summed E-state index contributed by atoms with van der Waals surface area (Å²) in [5, 5.41) is 20.8. The van der Waals surface area contributed by atoms with Crippen LogP contribution >= 0.6 is 23.2 Å². The standard InChI is InChI=1S/C24H27Cl2N3O3/c1-14-22(24(31)27-19-5-3-4-6-21(19)30)28-29(20-12-9-16(25)13-18(20)26)23(14)15-7-10-17(32-2)11-8-15/h7-14,19,21,23,30H,3-6H2,1-2H3,(H,27,31)/t14?,19-,21-,23?/m0/s1. The van der Waals surface area contributed by atoms with E-state index in [-0.39, 0.29) is 23.9 Å². The fraction of sp³-hybridized carbons (Fsp3) is 0.417. The topological polar surface area (TPSA) is 74.2 Å². The molecule has 0 bridgehead atoms.